The van der Waals surface area contributed by atoms with E-state index in [0.717, 1.165) is 17.0 Å². The van der Waals surface area contributed by atoms with E-state index in [4.69, 9.17) is 34.8 Å². The van der Waals surface area contributed by atoms with Gasteiger partial charge >= 0.3 is 0 Å². The van der Waals surface area contributed by atoms with Crippen LogP contribution < -0.4 is 0 Å². The molecule has 2 aromatic carbocycles. The third-order valence-corrected chi connectivity index (χ3v) is 4.48. The lowest BCUT2D eigenvalue weighted by molar-refractivity contribution is 0.949. The average molecular weight is 364 g/mol. The molecule has 0 aliphatic heterocycles. The Balaban J connectivity index is 2.13. The first-order chi connectivity index (χ1) is 8.56. The Morgan fingerprint density at radius 3 is 2.17 bits per heavy atom. The van der Waals surface area contributed by atoms with Crippen molar-refractivity contribution in [2.24, 2.45) is 0 Å². The van der Waals surface area contributed by atoms with Crippen LogP contribution in [0.5, 0.6) is 0 Å². The Morgan fingerprint density at radius 1 is 0.889 bits per heavy atom. The molecule has 0 aromatic heterocycles. The van der Waals surface area contributed by atoms with Gasteiger partial charge in [0, 0.05) is 9.85 Å². The molecule has 0 saturated carbocycles. The fourth-order valence-corrected chi connectivity index (χ4v) is 2.74. The van der Waals surface area contributed by atoms with Crippen LogP contribution in [-0.2, 0) is 6.42 Å². The van der Waals surface area contributed by atoms with E-state index in [1.54, 1.807) is 0 Å². The van der Waals surface area contributed by atoms with Crippen LogP contribution in [0.15, 0.2) is 42.5 Å². The van der Waals surface area contributed by atoms with Crippen LogP contribution in [0.25, 0.3) is 0 Å². The van der Waals surface area contributed by atoms with Crippen LogP contribution in [0, 0.1) is 0 Å². The van der Waals surface area contributed by atoms with Gasteiger partial charge in [-0.3, -0.25) is 0 Å². The van der Waals surface area contributed by atoms with E-state index in [-0.39, 0.29) is 4.83 Å². The maximum Gasteiger partial charge on any atom is 0.0595 e. The van der Waals surface area contributed by atoms with Gasteiger partial charge in [-0.1, -0.05) is 68.9 Å². The molecular weight excluding hydrogens is 354 g/mol. The first-order valence-electron chi connectivity index (χ1n) is 5.40. The molecule has 0 fully saturated rings. The highest BCUT2D eigenvalue weighted by Crippen LogP contribution is 2.32. The minimum atomic E-state index is 0.202. The molecule has 2 rings (SSSR count). The molecule has 0 N–H and O–H groups in total. The predicted molar refractivity (Wildman–Crippen MR) is 83.3 cm³/mol. The summed E-state index contributed by atoms with van der Waals surface area (Å²) in [6.07, 6.45) is 0.870. The second kappa shape index (κ2) is 6.29. The van der Waals surface area contributed by atoms with E-state index in [1.807, 2.05) is 42.5 Å². The third-order valence-electron chi connectivity index (χ3n) is 2.63. The number of alkyl halides is 1. The molecule has 0 amide bonds. The smallest absolute Gasteiger partial charge is 0.0595 e. The zero-order chi connectivity index (χ0) is 13.1. The van der Waals surface area contributed by atoms with Crippen LogP contribution in [-0.4, -0.2) is 0 Å². The van der Waals surface area contributed by atoms with E-state index < -0.39 is 0 Å². The van der Waals surface area contributed by atoms with Crippen molar-refractivity contribution in [3.05, 3.63) is 68.7 Å². The van der Waals surface area contributed by atoms with E-state index in [9.17, 15) is 0 Å². The maximum absolute atomic E-state index is 6.01. The van der Waals surface area contributed by atoms with Gasteiger partial charge in [-0.2, -0.15) is 0 Å². The van der Waals surface area contributed by atoms with Crippen LogP contribution in [0.1, 0.15) is 16.0 Å². The van der Waals surface area contributed by atoms with Crippen LogP contribution >= 0.6 is 50.7 Å². The number of rotatable bonds is 3. The van der Waals surface area contributed by atoms with Gasteiger partial charge < -0.3 is 0 Å². The van der Waals surface area contributed by atoms with Crippen LogP contribution in [0.2, 0.25) is 15.1 Å². The molecule has 0 bridgehead atoms. The highest BCUT2D eigenvalue weighted by molar-refractivity contribution is 9.09. The number of hydrogen-bond donors (Lipinski definition) is 0. The molecule has 0 aliphatic rings. The van der Waals surface area contributed by atoms with Crippen molar-refractivity contribution < 1.29 is 0 Å². The molecule has 0 radical (unpaired) electrons. The molecule has 0 saturated heterocycles. The molecule has 4 heteroatoms. The van der Waals surface area contributed by atoms with Crippen molar-refractivity contribution >= 4 is 50.7 Å². The summed E-state index contributed by atoms with van der Waals surface area (Å²) in [5.74, 6) is 0. The van der Waals surface area contributed by atoms with Crippen molar-refractivity contribution in [1.29, 1.82) is 0 Å². The van der Waals surface area contributed by atoms with E-state index >= 15 is 0 Å². The first kappa shape index (κ1) is 14.2. The standard InChI is InChI=1S/C14H10BrCl3/c15-12(7-9-1-4-11(16)5-2-9)10-3-6-13(17)14(18)8-10/h1-6,8,12H,7H2. The summed E-state index contributed by atoms with van der Waals surface area (Å²) in [7, 11) is 0. The topological polar surface area (TPSA) is 0 Å². The summed E-state index contributed by atoms with van der Waals surface area (Å²) in [5, 5.41) is 1.90. The van der Waals surface area contributed by atoms with Crippen LogP contribution in [0.4, 0.5) is 0 Å². The Labute approximate surface area is 130 Å². The quantitative estimate of drug-likeness (QED) is 0.559. The van der Waals surface area contributed by atoms with Gasteiger partial charge in [-0.15, -0.1) is 0 Å². The van der Waals surface area contributed by atoms with Crippen molar-refractivity contribution in [2.45, 2.75) is 11.2 Å². The predicted octanol–water partition coefficient (Wildman–Crippen LogP) is 6.33. The fraction of sp³-hybridized carbons (Fsp3) is 0.143. The first-order valence-corrected chi connectivity index (χ1v) is 7.44. The van der Waals surface area contributed by atoms with E-state index in [1.165, 1.54) is 5.56 Å². The Hall–Kier alpha value is -0.210. The van der Waals surface area contributed by atoms with Gasteiger partial charge in [-0.25, -0.2) is 0 Å². The van der Waals surface area contributed by atoms with Crippen molar-refractivity contribution in [3.63, 3.8) is 0 Å². The number of halogens is 4. The fourth-order valence-electron chi connectivity index (χ4n) is 1.65. The van der Waals surface area contributed by atoms with E-state index in [0.29, 0.717) is 10.0 Å². The Kier molecular flexibility index (Phi) is 4.97. The molecule has 0 nitrogen and oxygen atoms in total. The second-order valence-electron chi connectivity index (χ2n) is 3.97. The summed E-state index contributed by atoms with van der Waals surface area (Å²) in [6.45, 7) is 0. The summed E-state index contributed by atoms with van der Waals surface area (Å²) < 4.78 is 0. The summed E-state index contributed by atoms with van der Waals surface area (Å²) in [5.41, 5.74) is 2.33. The summed E-state index contributed by atoms with van der Waals surface area (Å²) in [4.78, 5) is 0.202. The molecule has 2 aromatic rings. The third kappa shape index (κ3) is 3.64. The normalized spacial score (nSPS) is 12.4. The molecule has 1 atom stereocenters. The lowest BCUT2D eigenvalue weighted by Crippen LogP contribution is -1.95. The summed E-state index contributed by atoms with van der Waals surface area (Å²) >= 11 is 21.4. The zero-order valence-corrected chi connectivity index (χ0v) is 13.2. The van der Waals surface area contributed by atoms with Crippen molar-refractivity contribution in [2.75, 3.05) is 0 Å². The second-order valence-corrected chi connectivity index (χ2v) is 6.33. The minimum absolute atomic E-state index is 0.202. The summed E-state index contributed by atoms with van der Waals surface area (Å²) in [6, 6.07) is 13.5. The molecule has 0 aliphatic carbocycles. The van der Waals surface area contributed by atoms with Gasteiger partial charge in [0.25, 0.3) is 0 Å². The monoisotopic (exact) mass is 362 g/mol. The molecule has 0 heterocycles. The average Bonchev–Trinajstić information content (AvgIpc) is 2.35. The highest BCUT2D eigenvalue weighted by Gasteiger charge is 2.10. The number of benzene rings is 2. The SMILES string of the molecule is Clc1ccc(CC(Br)c2ccc(Cl)c(Cl)c2)cc1. The van der Waals surface area contributed by atoms with E-state index in [2.05, 4.69) is 15.9 Å². The van der Waals surface area contributed by atoms with Gasteiger partial charge in [0.05, 0.1) is 10.0 Å². The highest BCUT2D eigenvalue weighted by atomic mass is 79.9. The Bertz CT molecular complexity index is 537. The van der Waals surface area contributed by atoms with Gasteiger partial charge in [-0.05, 0) is 41.8 Å². The Morgan fingerprint density at radius 2 is 1.56 bits per heavy atom. The largest absolute Gasteiger partial charge is 0.0843 e. The van der Waals surface area contributed by atoms with Crippen molar-refractivity contribution in [3.8, 4) is 0 Å². The van der Waals surface area contributed by atoms with Gasteiger partial charge in [0.1, 0.15) is 0 Å². The molecule has 0 spiro atoms. The number of hydrogen-bond acceptors (Lipinski definition) is 0. The molecule has 18 heavy (non-hydrogen) atoms. The maximum atomic E-state index is 6.01. The minimum Gasteiger partial charge on any atom is -0.0843 e. The van der Waals surface area contributed by atoms with Crippen LogP contribution in [0.3, 0.4) is 0 Å². The van der Waals surface area contributed by atoms with Gasteiger partial charge in [0.15, 0.2) is 0 Å². The lowest BCUT2D eigenvalue weighted by Gasteiger charge is -2.11. The molecule has 94 valence electrons. The van der Waals surface area contributed by atoms with Crippen molar-refractivity contribution in [1.82, 2.24) is 0 Å². The molecular formula is C14H10BrCl3. The zero-order valence-electron chi connectivity index (χ0n) is 9.34. The van der Waals surface area contributed by atoms with Gasteiger partial charge in [0.2, 0.25) is 0 Å². The lowest BCUT2D eigenvalue weighted by atomic mass is 10.0. The molecule has 1 unspecified atom stereocenters.